The largest absolute Gasteiger partial charge is 0.492 e. The second kappa shape index (κ2) is 41.9. The van der Waals surface area contributed by atoms with Crippen LogP contribution in [-0.2, 0) is 84.5 Å². The summed E-state index contributed by atoms with van der Waals surface area (Å²) < 4.78 is 19.0. The van der Waals surface area contributed by atoms with E-state index in [2.05, 4.69) is 58.2 Å². The number of rotatable bonds is 41. The van der Waals surface area contributed by atoms with Crippen LogP contribution in [0.2, 0.25) is 0 Å². The number of aromatic amines is 1. The van der Waals surface area contributed by atoms with Gasteiger partial charge in [0.25, 0.3) is 0 Å². The Kier molecular flexibility index (Phi) is 33.9. The molecule has 5 aromatic carbocycles. The van der Waals surface area contributed by atoms with E-state index in [9.17, 15) is 28.8 Å². The fraction of sp³-hybridized carbons (Fsp3) is 0.470. The number of aryl methyl sites for hydroxylation is 1. The Bertz CT molecular complexity index is 4150. The highest BCUT2D eigenvalue weighted by molar-refractivity contribution is 8.02. The molecule has 8 atom stereocenters. The van der Waals surface area contributed by atoms with Crippen LogP contribution >= 0.6 is 23.5 Å². The number of carbonyl (C=O) groups excluding carboxylic acids is 12. The summed E-state index contributed by atoms with van der Waals surface area (Å²) in [5.41, 5.74) is 9.40. The molecule has 0 bridgehead atoms. The summed E-state index contributed by atoms with van der Waals surface area (Å²) in [6, 6.07) is 30.2. The third kappa shape index (κ3) is 28.3. The van der Waals surface area contributed by atoms with Crippen molar-refractivity contribution in [1.82, 2.24) is 58.2 Å². The number of esters is 1. The molecule has 113 heavy (non-hydrogen) atoms. The molecule has 30 heteroatoms. The molecule has 0 aliphatic carbocycles. The molecule has 0 saturated carbocycles. The molecule has 11 amide bonds. The average molecular weight is 1600 g/mol. The molecular formula is C83H112N12O16S2. The molecular weight excluding hydrogens is 1490 g/mol. The Balaban J connectivity index is 1.36. The zero-order valence-corrected chi connectivity index (χ0v) is 69.0. The van der Waals surface area contributed by atoms with E-state index in [1.165, 1.54) is 39.5 Å². The third-order valence-corrected chi connectivity index (χ3v) is 21.1. The fourth-order valence-electron chi connectivity index (χ4n) is 12.7. The number of thioether (sulfide) groups is 2. The lowest BCUT2D eigenvalue weighted by Crippen LogP contribution is -2.64. The number of hydrogen-bond donors (Lipinski definition) is 12. The van der Waals surface area contributed by atoms with Gasteiger partial charge in [0, 0.05) is 66.8 Å². The second-order valence-corrected chi connectivity index (χ2v) is 34.2. The SMILES string of the molecule is COC(=O)C(Cc1ccc(OCCNC(=O)OC(C)(C)C)cc1)NC(=O)[C@@H](NC(=O)[C@H](CCCCNC(C)=O)NC(=O)[C@H](Cc1c[nH]c2c(C)cccc12)NC(=O)[C@@H](NC(=O)[C@H](CC(N)=O)NC(=O)[C@@H](NC(C)=O)C(C)(C)SC(c1ccccc1)(c1ccccc1)c1ccccc1)C(C)OC(C)(C)C)C(C)(C)SCNC(C)=O. The number of H-pyrrole nitrogens is 1. The van der Waals surface area contributed by atoms with Crippen molar-refractivity contribution in [3.63, 3.8) is 0 Å². The first kappa shape index (κ1) is 91.4. The van der Waals surface area contributed by atoms with Crippen LogP contribution in [0.25, 0.3) is 10.9 Å². The molecule has 13 N–H and O–H groups in total. The van der Waals surface area contributed by atoms with Gasteiger partial charge in [-0.3, -0.25) is 47.9 Å². The molecule has 0 saturated heterocycles. The van der Waals surface area contributed by atoms with E-state index in [0.29, 0.717) is 28.7 Å². The lowest BCUT2D eigenvalue weighted by atomic mass is 9.84. The number of amides is 11. The van der Waals surface area contributed by atoms with E-state index >= 15 is 28.8 Å². The van der Waals surface area contributed by atoms with Crippen molar-refractivity contribution in [1.29, 1.82) is 0 Å². The molecule has 0 fully saturated rings. The van der Waals surface area contributed by atoms with Crippen LogP contribution in [0.5, 0.6) is 5.75 Å². The molecule has 0 radical (unpaired) electrons. The van der Waals surface area contributed by atoms with Crippen molar-refractivity contribution in [2.45, 2.75) is 216 Å². The number of nitrogens with two attached hydrogens (primary N) is 1. The van der Waals surface area contributed by atoms with Crippen molar-refractivity contribution in [2.24, 2.45) is 5.73 Å². The van der Waals surface area contributed by atoms with Gasteiger partial charge in [-0.15, -0.1) is 23.5 Å². The summed E-state index contributed by atoms with van der Waals surface area (Å²) in [6.45, 7) is 24.9. The molecule has 6 rings (SSSR count). The molecule has 2 unspecified atom stereocenters. The van der Waals surface area contributed by atoms with Crippen molar-refractivity contribution in [3.8, 4) is 5.75 Å². The van der Waals surface area contributed by atoms with Gasteiger partial charge in [0.2, 0.25) is 59.1 Å². The first-order valence-corrected chi connectivity index (χ1v) is 39.3. The van der Waals surface area contributed by atoms with Gasteiger partial charge in [-0.25, -0.2) is 9.59 Å². The van der Waals surface area contributed by atoms with Gasteiger partial charge in [-0.1, -0.05) is 121 Å². The fourth-order valence-corrected chi connectivity index (χ4v) is 15.6. The van der Waals surface area contributed by atoms with E-state index in [4.69, 9.17) is 24.7 Å². The molecule has 612 valence electrons. The Labute approximate surface area is 670 Å². The number of alkyl carbamates (subject to hydrolysis) is 1. The zero-order valence-electron chi connectivity index (χ0n) is 67.4. The number of fused-ring (bicyclic) bond motifs is 1. The van der Waals surface area contributed by atoms with Gasteiger partial charge in [0.15, 0.2) is 0 Å². The Morgan fingerprint density at radius 2 is 1.04 bits per heavy atom. The van der Waals surface area contributed by atoms with E-state index < -0.39 is 140 Å². The van der Waals surface area contributed by atoms with Crippen LogP contribution in [0.15, 0.2) is 140 Å². The van der Waals surface area contributed by atoms with Crippen molar-refractivity contribution in [2.75, 3.05) is 32.7 Å². The highest BCUT2D eigenvalue weighted by Crippen LogP contribution is 2.54. The average Bonchev–Trinajstić information content (AvgIpc) is 1.08. The minimum atomic E-state index is -1.80. The summed E-state index contributed by atoms with van der Waals surface area (Å²) in [5, 5.41) is 28.3. The number of primary amides is 1. The van der Waals surface area contributed by atoms with Gasteiger partial charge in [0.1, 0.15) is 60.3 Å². The number of unbranched alkanes of at least 4 members (excludes halogenated alkanes) is 1. The van der Waals surface area contributed by atoms with Crippen LogP contribution in [0.4, 0.5) is 4.79 Å². The number of benzene rings is 5. The van der Waals surface area contributed by atoms with Gasteiger partial charge < -0.3 is 82.8 Å². The maximum absolute atomic E-state index is 15.6. The summed E-state index contributed by atoms with van der Waals surface area (Å²) in [7, 11) is 1.15. The maximum Gasteiger partial charge on any atom is 0.407 e. The standard InChI is InChI=1S/C83H112N12O16S2/c1-50-29-28-36-61-56(48-87-67(50)61)46-63(72(101)90-62(37-26-27-42-85-52(3)96)71(100)95-69(81(12,13)112-49-88-53(4)97)75(104)93-65(77(106)108-16)45-55-38-40-60(41-39-55)109-44-43-86-78(107)111-80(9,10)11)91-74(103)68(51(2)110-79(6,7)8)94-73(102)64(47-66(84)99)92-76(105)70(89-54(5)98)82(14,15)113-83(57-30-20-17-21-31-57,58-32-22-18-23-33-58)59-34-24-19-25-35-59/h17-25,28-36,38-41,48,51,62-65,68-70,87H,26-27,37,42-47,49H2,1-16H3,(H2,84,99)(H,85,96)(H,86,107)(H,88,97)(H,89,98)(H,90,101)(H,91,103)(H,92,105)(H,93,104)(H,94,102)(H,95,100)/t51?,62-,63-,64-,65?,68-,69+,70+/m0/s1. The van der Waals surface area contributed by atoms with Gasteiger partial charge in [-0.2, -0.15) is 0 Å². The lowest BCUT2D eigenvalue weighted by Gasteiger charge is -2.44. The Morgan fingerprint density at radius 1 is 0.513 bits per heavy atom. The number of carbonyl (C=O) groups is 12. The smallest absolute Gasteiger partial charge is 0.407 e. The summed E-state index contributed by atoms with van der Waals surface area (Å²) in [6.07, 6.45) is -0.938. The van der Waals surface area contributed by atoms with E-state index in [1.807, 2.05) is 116 Å². The van der Waals surface area contributed by atoms with Gasteiger partial charge in [0.05, 0.1) is 42.4 Å². The molecule has 1 aromatic heterocycles. The van der Waals surface area contributed by atoms with Crippen LogP contribution in [-0.4, -0.2) is 178 Å². The van der Waals surface area contributed by atoms with Crippen molar-refractivity contribution in [3.05, 3.63) is 173 Å². The highest BCUT2D eigenvalue weighted by atomic mass is 32.2. The minimum absolute atomic E-state index is 0.0366. The normalized spacial score (nSPS) is 13.9. The molecule has 1 heterocycles. The third-order valence-electron chi connectivity index (χ3n) is 18.1. The Hall–Kier alpha value is -10.5. The Morgan fingerprint density at radius 3 is 1.58 bits per heavy atom. The number of aromatic nitrogens is 1. The molecule has 28 nitrogen and oxygen atoms in total. The van der Waals surface area contributed by atoms with Crippen LogP contribution in [0, 0.1) is 6.92 Å². The van der Waals surface area contributed by atoms with E-state index in [-0.39, 0.29) is 63.1 Å². The van der Waals surface area contributed by atoms with Crippen molar-refractivity contribution < 1.29 is 76.5 Å². The molecule has 0 aliphatic rings. The second-order valence-electron chi connectivity index (χ2n) is 30.7. The number of methoxy groups -OCH3 is 1. The highest BCUT2D eigenvalue weighted by Gasteiger charge is 2.49. The molecule has 0 aliphatic heterocycles. The lowest BCUT2D eigenvalue weighted by molar-refractivity contribution is -0.145. The quantitative estimate of drug-likeness (QED) is 0.00778. The van der Waals surface area contributed by atoms with Gasteiger partial charge in [-0.05, 0) is 148 Å². The maximum atomic E-state index is 15.6. The number of hydrogen-bond acceptors (Lipinski definition) is 18. The van der Waals surface area contributed by atoms with Crippen LogP contribution in [0.1, 0.15) is 156 Å². The first-order chi connectivity index (χ1) is 53.1. The first-order valence-electron chi connectivity index (χ1n) is 37.5. The number of nitrogens with one attached hydrogen (secondary N) is 11. The molecule has 6 aromatic rings. The van der Waals surface area contributed by atoms with Gasteiger partial charge >= 0.3 is 12.1 Å². The monoisotopic (exact) mass is 1600 g/mol. The summed E-state index contributed by atoms with van der Waals surface area (Å²) in [5.74, 6) is -8.39. The minimum Gasteiger partial charge on any atom is -0.492 e. The van der Waals surface area contributed by atoms with Crippen LogP contribution < -0.4 is 63.6 Å². The zero-order chi connectivity index (χ0) is 83.6. The number of para-hydroxylation sites is 1. The van der Waals surface area contributed by atoms with E-state index in [1.54, 1.807) is 99.7 Å². The summed E-state index contributed by atoms with van der Waals surface area (Å²) >= 11 is 2.47. The number of ether oxygens (including phenoxy) is 4. The van der Waals surface area contributed by atoms with Crippen molar-refractivity contribution >= 4 is 106 Å². The topological polar surface area (TPSA) is 404 Å². The summed E-state index contributed by atoms with van der Waals surface area (Å²) in [4.78, 5) is 172. The van der Waals surface area contributed by atoms with E-state index in [0.717, 1.165) is 46.6 Å². The molecule has 0 spiro atoms. The predicted molar refractivity (Wildman–Crippen MR) is 436 cm³/mol. The predicted octanol–water partition coefficient (Wildman–Crippen LogP) is 7.25. The van der Waals surface area contributed by atoms with Crippen LogP contribution in [0.3, 0.4) is 0 Å².